The van der Waals surface area contributed by atoms with E-state index in [4.69, 9.17) is 14.2 Å². The molecule has 0 amide bonds. The molecule has 0 aliphatic heterocycles. The van der Waals surface area contributed by atoms with Crippen molar-refractivity contribution in [2.75, 3.05) is 21.3 Å². The fourth-order valence-corrected chi connectivity index (χ4v) is 5.82. The van der Waals surface area contributed by atoms with Gasteiger partial charge in [-0.25, -0.2) is 0 Å². The van der Waals surface area contributed by atoms with Gasteiger partial charge in [-0.15, -0.1) is 0 Å². The Labute approximate surface area is 254 Å². The first-order valence-electron chi connectivity index (χ1n) is 14.4. The third-order valence-corrected chi connectivity index (χ3v) is 7.92. The molecular formula is C40H34O3. The summed E-state index contributed by atoms with van der Waals surface area (Å²) in [7, 11) is 5.18. The maximum atomic E-state index is 5.83. The van der Waals surface area contributed by atoms with E-state index in [-0.39, 0.29) is 5.92 Å². The van der Waals surface area contributed by atoms with Crippen LogP contribution in [0, 0.1) is 0 Å². The summed E-state index contributed by atoms with van der Waals surface area (Å²) in [5.74, 6) is 2.45. The van der Waals surface area contributed by atoms with Crippen LogP contribution in [0.4, 0.5) is 0 Å². The molecule has 6 aromatic carbocycles. The molecule has 6 aromatic rings. The van der Waals surface area contributed by atoms with Crippen LogP contribution in [0.5, 0.6) is 17.2 Å². The lowest BCUT2D eigenvalue weighted by atomic mass is 9.81. The number of benzene rings is 6. The van der Waals surface area contributed by atoms with Crippen LogP contribution in [0.1, 0.15) is 22.6 Å². The van der Waals surface area contributed by atoms with E-state index in [0.29, 0.717) is 0 Å². The zero-order valence-electron chi connectivity index (χ0n) is 24.7. The third-order valence-electron chi connectivity index (χ3n) is 7.92. The highest BCUT2D eigenvalue weighted by Gasteiger charge is 2.22. The molecule has 0 aromatic heterocycles. The Morgan fingerprint density at radius 1 is 0.349 bits per heavy atom. The van der Waals surface area contributed by atoms with Crippen molar-refractivity contribution in [3.05, 3.63) is 162 Å². The summed E-state index contributed by atoms with van der Waals surface area (Å²) >= 11 is 0. The standard InChI is InChI=1S/C40H34O3/c1-41-37-22-19-31(25-34(37)28-13-7-4-8-14-28)40(32-20-23-38(42-2)35(26-32)29-15-9-5-10-16-29)33-21-24-39(43-3)36(27-33)30-17-11-6-12-18-30/h4-27,40H,1-3H3. The van der Waals surface area contributed by atoms with Crippen molar-refractivity contribution >= 4 is 0 Å². The van der Waals surface area contributed by atoms with Gasteiger partial charge in [0.2, 0.25) is 0 Å². The molecule has 212 valence electrons. The fourth-order valence-electron chi connectivity index (χ4n) is 5.82. The number of ether oxygens (including phenoxy) is 3. The molecule has 43 heavy (non-hydrogen) atoms. The molecule has 0 saturated heterocycles. The number of rotatable bonds is 9. The molecule has 0 aliphatic rings. The van der Waals surface area contributed by atoms with E-state index >= 15 is 0 Å². The number of hydrogen-bond donors (Lipinski definition) is 0. The Hall–Kier alpha value is -5.28. The smallest absolute Gasteiger partial charge is 0.126 e. The zero-order valence-corrected chi connectivity index (χ0v) is 24.7. The molecule has 6 rings (SSSR count). The first-order chi connectivity index (χ1) is 21.2. The normalized spacial score (nSPS) is 10.9. The zero-order chi connectivity index (χ0) is 29.6. The Morgan fingerprint density at radius 2 is 0.628 bits per heavy atom. The van der Waals surface area contributed by atoms with Crippen LogP contribution in [0.15, 0.2) is 146 Å². The van der Waals surface area contributed by atoms with Crippen molar-refractivity contribution in [1.29, 1.82) is 0 Å². The summed E-state index contributed by atoms with van der Waals surface area (Å²) in [4.78, 5) is 0. The summed E-state index contributed by atoms with van der Waals surface area (Å²) in [6.45, 7) is 0. The van der Waals surface area contributed by atoms with Gasteiger partial charge < -0.3 is 14.2 Å². The van der Waals surface area contributed by atoms with Gasteiger partial charge in [-0.3, -0.25) is 0 Å². The predicted molar refractivity (Wildman–Crippen MR) is 176 cm³/mol. The van der Waals surface area contributed by atoms with E-state index in [0.717, 1.165) is 67.3 Å². The first kappa shape index (κ1) is 27.9. The molecule has 0 atom stereocenters. The van der Waals surface area contributed by atoms with Gasteiger partial charge in [0.1, 0.15) is 17.2 Å². The van der Waals surface area contributed by atoms with Gasteiger partial charge in [-0.1, -0.05) is 109 Å². The van der Waals surface area contributed by atoms with Gasteiger partial charge in [0.05, 0.1) is 21.3 Å². The van der Waals surface area contributed by atoms with Crippen LogP contribution in [-0.2, 0) is 0 Å². The van der Waals surface area contributed by atoms with Crippen LogP contribution in [0.25, 0.3) is 33.4 Å². The van der Waals surface area contributed by atoms with Gasteiger partial charge in [0.25, 0.3) is 0 Å². The number of methoxy groups -OCH3 is 3. The van der Waals surface area contributed by atoms with E-state index < -0.39 is 0 Å². The summed E-state index contributed by atoms with van der Waals surface area (Å²) < 4.78 is 17.5. The second kappa shape index (κ2) is 12.7. The van der Waals surface area contributed by atoms with Crippen LogP contribution in [0.3, 0.4) is 0 Å². The highest BCUT2D eigenvalue weighted by atomic mass is 16.5. The molecule has 0 fully saturated rings. The quantitative estimate of drug-likeness (QED) is 0.164. The van der Waals surface area contributed by atoms with Crippen LogP contribution < -0.4 is 14.2 Å². The Kier molecular flexibility index (Phi) is 8.24. The van der Waals surface area contributed by atoms with E-state index in [1.54, 1.807) is 21.3 Å². The summed E-state index contributed by atoms with van der Waals surface area (Å²) in [5.41, 5.74) is 9.98. The van der Waals surface area contributed by atoms with Gasteiger partial charge in [0, 0.05) is 22.6 Å². The molecule has 0 aliphatic carbocycles. The lowest BCUT2D eigenvalue weighted by molar-refractivity contribution is 0.416. The van der Waals surface area contributed by atoms with Crippen molar-refractivity contribution in [2.45, 2.75) is 5.92 Å². The second-order valence-corrected chi connectivity index (χ2v) is 10.4. The minimum absolute atomic E-state index is 0.0740. The van der Waals surface area contributed by atoms with Crippen LogP contribution in [0.2, 0.25) is 0 Å². The molecule has 0 heterocycles. The van der Waals surface area contributed by atoms with E-state index in [2.05, 4.69) is 127 Å². The van der Waals surface area contributed by atoms with Crippen molar-refractivity contribution in [1.82, 2.24) is 0 Å². The van der Waals surface area contributed by atoms with Crippen molar-refractivity contribution < 1.29 is 14.2 Å². The largest absolute Gasteiger partial charge is 0.496 e. The molecule has 0 spiro atoms. The lowest BCUT2D eigenvalue weighted by Crippen LogP contribution is -2.06. The third kappa shape index (κ3) is 5.75. The molecule has 0 radical (unpaired) electrons. The molecular weight excluding hydrogens is 528 g/mol. The van der Waals surface area contributed by atoms with Gasteiger partial charge in [-0.05, 0) is 69.8 Å². The van der Waals surface area contributed by atoms with Crippen LogP contribution >= 0.6 is 0 Å². The van der Waals surface area contributed by atoms with Crippen molar-refractivity contribution in [3.63, 3.8) is 0 Å². The summed E-state index contributed by atoms with van der Waals surface area (Å²) in [6, 6.07) is 50.7. The molecule has 3 nitrogen and oxygen atoms in total. The van der Waals surface area contributed by atoms with E-state index in [1.165, 1.54) is 0 Å². The Bertz CT molecular complexity index is 1600. The van der Waals surface area contributed by atoms with Crippen molar-refractivity contribution in [3.8, 4) is 50.6 Å². The fraction of sp³-hybridized carbons (Fsp3) is 0.100. The van der Waals surface area contributed by atoms with Crippen molar-refractivity contribution in [2.24, 2.45) is 0 Å². The second-order valence-electron chi connectivity index (χ2n) is 10.4. The number of hydrogen-bond acceptors (Lipinski definition) is 3. The maximum absolute atomic E-state index is 5.83. The van der Waals surface area contributed by atoms with E-state index in [9.17, 15) is 0 Å². The van der Waals surface area contributed by atoms with Crippen LogP contribution in [-0.4, -0.2) is 21.3 Å². The lowest BCUT2D eigenvalue weighted by Gasteiger charge is -2.23. The SMILES string of the molecule is COc1ccc(C(c2ccc(OC)c(-c3ccccc3)c2)c2ccc(OC)c(-c3ccccc3)c2)cc1-c1ccccc1. The van der Waals surface area contributed by atoms with E-state index in [1.807, 2.05) is 18.2 Å². The molecule has 3 heteroatoms. The van der Waals surface area contributed by atoms with Gasteiger partial charge in [0.15, 0.2) is 0 Å². The summed E-state index contributed by atoms with van der Waals surface area (Å²) in [6.07, 6.45) is 0. The highest BCUT2D eigenvalue weighted by Crippen LogP contribution is 2.43. The predicted octanol–water partition coefficient (Wildman–Crippen LogP) is 9.89. The summed E-state index contributed by atoms with van der Waals surface area (Å²) in [5, 5.41) is 0. The Morgan fingerprint density at radius 3 is 0.884 bits per heavy atom. The highest BCUT2D eigenvalue weighted by molar-refractivity contribution is 5.76. The molecule has 0 unspecified atom stereocenters. The average Bonchev–Trinajstić information content (AvgIpc) is 3.09. The minimum Gasteiger partial charge on any atom is -0.496 e. The molecule has 0 bridgehead atoms. The monoisotopic (exact) mass is 562 g/mol. The first-order valence-corrected chi connectivity index (χ1v) is 14.4. The maximum Gasteiger partial charge on any atom is 0.126 e. The van der Waals surface area contributed by atoms with Gasteiger partial charge in [-0.2, -0.15) is 0 Å². The average molecular weight is 563 g/mol. The molecule has 0 N–H and O–H groups in total. The minimum atomic E-state index is -0.0740. The van der Waals surface area contributed by atoms with Gasteiger partial charge >= 0.3 is 0 Å². The Balaban J connectivity index is 1.59. The topological polar surface area (TPSA) is 27.7 Å². The molecule has 0 saturated carbocycles.